The molecule has 0 aliphatic rings. The Labute approximate surface area is 136 Å². The van der Waals surface area contributed by atoms with Crippen molar-refractivity contribution in [2.75, 3.05) is 6.61 Å². The number of aliphatic hydroxyl groups excluding tert-OH is 1. The second-order valence-corrected chi connectivity index (χ2v) is 8.73. The fourth-order valence-electron chi connectivity index (χ4n) is 2.07. The summed E-state index contributed by atoms with van der Waals surface area (Å²) in [5.41, 5.74) is 0.960. The standard InChI is InChI=1S/C12H16BrN3O3S2/c1-8-12(9(2)16(15-8)5-6-17)21(18,19)14-7-10-3-4-11(13)20-10/h3-4,14,17H,5-7H2,1-2H3. The Kier molecular flexibility index (Phi) is 5.20. The molecule has 0 radical (unpaired) electrons. The second kappa shape index (κ2) is 6.57. The Hall–Kier alpha value is -0.740. The molecular formula is C12H16BrN3O3S2. The van der Waals surface area contributed by atoms with Crippen LogP contribution < -0.4 is 4.72 Å². The Morgan fingerprint density at radius 1 is 1.43 bits per heavy atom. The average molecular weight is 394 g/mol. The van der Waals surface area contributed by atoms with Crippen LogP contribution in [-0.4, -0.2) is 29.9 Å². The van der Waals surface area contributed by atoms with E-state index in [0.29, 0.717) is 11.4 Å². The minimum atomic E-state index is -3.63. The number of thiophene rings is 1. The molecular weight excluding hydrogens is 378 g/mol. The van der Waals surface area contributed by atoms with Crippen molar-refractivity contribution in [3.63, 3.8) is 0 Å². The van der Waals surface area contributed by atoms with Gasteiger partial charge in [-0.1, -0.05) is 0 Å². The van der Waals surface area contributed by atoms with Crippen molar-refractivity contribution in [2.45, 2.75) is 31.8 Å². The summed E-state index contributed by atoms with van der Waals surface area (Å²) in [6.45, 7) is 3.77. The molecule has 9 heteroatoms. The van der Waals surface area contributed by atoms with Crippen LogP contribution in [0.5, 0.6) is 0 Å². The van der Waals surface area contributed by atoms with E-state index in [0.717, 1.165) is 8.66 Å². The van der Waals surface area contributed by atoms with Gasteiger partial charge in [0.15, 0.2) is 0 Å². The first-order valence-corrected chi connectivity index (χ1v) is 9.33. The molecule has 2 N–H and O–H groups in total. The summed E-state index contributed by atoms with van der Waals surface area (Å²) in [6, 6.07) is 3.75. The van der Waals surface area contributed by atoms with Crippen LogP contribution in [0.1, 0.15) is 16.3 Å². The number of hydrogen-bond donors (Lipinski definition) is 2. The summed E-state index contributed by atoms with van der Waals surface area (Å²) >= 11 is 4.83. The fourth-order valence-corrected chi connectivity index (χ4v) is 5.00. The first kappa shape index (κ1) is 16.6. The molecule has 0 spiro atoms. The largest absolute Gasteiger partial charge is 0.394 e. The van der Waals surface area contributed by atoms with Crippen molar-refractivity contribution in [1.29, 1.82) is 0 Å². The van der Waals surface area contributed by atoms with Crippen LogP contribution in [-0.2, 0) is 23.1 Å². The molecule has 0 unspecified atom stereocenters. The first-order valence-electron chi connectivity index (χ1n) is 6.24. The van der Waals surface area contributed by atoms with Gasteiger partial charge in [0, 0.05) is 11.4 Å². The van der Waals surface area contributed by atoms with Crippen LogP contribution in [0.25, 0.3) is 0 Å². The van der Waals surface area contributed by atoms with E-state index in [1.807, 2.05) is 12.1 Å². The Bertz CT molecular complexity index is 737. The highest BCUT2D eigenvalue weighted by molar-refractivity contribution is 9.11. The van der Waals surface area contributed by atoms with Gasteiger partial charge in [-0.25, -0.2) is 13.1 Å². The van der Waals surface area contributed by atoms with Crippen LogP contribution >= 0.6 is 27.3 Å². The number of halogens is 1. The zero-order valence-electron chi connectivity index (χ0n) is 11.6. The van der Waals surface area contributed by atoms with Gasteiger partial charge in [0.05, 0.1) is 28.3 Å². The van der Waals surface area contributed by atoms with Crippen LogP contribution in [0.15, 0.2) is 20.8 Å². The molecule has 0 saturated heterocycles. The van der Waals surface area contributed by atoms with E-state index in [2.05, 4.69) is 25.8 Å². The maximum Gasteiger partial charge on any atom is 0.244 e. The molecule has 0 aromatic carbocycles. The highest BCUT2D eigenvalue weighted by Crippen LogP contribution is 2.23. The maximum atomic E-state index is 12.4. The van der Waals surface area contributed by atoms with Crippen molar-refractivity contribution < 1.29 is 13.5 Å². The smallest absolute Gasteiger partial charge is 0.244 e. The summed E-state index contributed by atoms with van der Waals surface area (Å²) < 4.78 is 29.9. The van der Waals surface area contributed by atoms with E-state index in [-0.39, 0.29) is 24.6 Å². The molecule has 0 aliphatic carbocycles. The number of aromatic nitrogens is 2. The van der Waals surface area contributed by atoms with E-state index in [1.165, 1.54) is 16.0 Å². The number of rotatable bonds is 6. The van der Waals surface area contributed by atoms with Gasteiger partial charge in [-0.15, -0.1) is 11.3 Å². The average Bonchev–Trinajstić information content (AvgIpc) is 2.93. The normalized spacial score (nSPS) is 12.0. The Morgan fingerprint density at radius 3 is 2.71 bits per heavy atom. The molecule has 116 valence electrons. The quantitative estimate of drug-likeness (QED) is 0.783. The van der Waals surface area contributed by atoms with E-state index in [9.17, 15) is 8.42 Å². The zero-order valence-corrected chi connectivity index (χ0v) is 14.8. The lowest BCUT2D eigenvalue weighted by atomic mass is 10.4. The number of nitrogens with one attached hydrogen (secondary N) is 1. The molecule has 2 heterocycles. The summed E-state index contributed by atoms with van der Waals surface area (Å²) in [6.07, 6.45) is 0. The topological polar surface area (TPSA) is 84.2 Å². The number of aryl methyl sites for hydroxylation is 1. The number of nitrogens with zero attached hydrogens (tertiary/aromatic N) is 2. The lowest BCUT2D eigenvalue weighted by Gasteiger charge is -2.06. The molecule has 2 rings (SSSR count). The van der Waals surface area contributed by atoms with E-state index < -0.39 is 10.0 Å². The van der Waals surface area contributed by atoms with Crippen LogP contribution in [0.3, 0.4) is 0 Å². The van der Waals surface area contributed by atoms with Gasteiger partial charge in [0.2, 0.25) is 10.0 Å². The number of sulfonamides is 1. The number of hydrogen-bond acceptors (Lipinski definition) is 5. The zero-order chi connectivity index (χ0) is 15.6. The van der Waals surface area contributed by atoms with Gasteiger partial charge in [0.25, 0.3) is 0 Å². The molecule has 2 aromatic rings. The van der Waals surface area contributed by atoms with Crippen molar-refractivity contribution in [3.05, 3.63) is 32.2 Å². The van der Waals surface area contributed by atoms with Crippen LogP contribution in [0.2, 0.25) is 0 Å². The van der Waals surface area contributed by atoms with Crippen LogP contribution in [0.4, 0.5) is 0 Å². The maximum absolute atomic E-state index is 12.4. The van der Waals surface area contributed by atoms with Crippen molar-refractivity contribution in [2.24, 2.45) is 0 Å². The van der Waals surface area contributed by atoms with Gasteiger partial charge in [0.1, 0.15) is 4.90 Å². The molecule has 0 amide bonds. The minimum Gasteiger partial charge on any atom is -0.394 e. The molecule has 21 heavy (non-hydrogen) atoms. The van der Waals surface area contributed by atoms with Gasteiger partial charge >= 0.3 is 0 Å². The van der Waals surface area contributed by atoms with E-state index >= 15 is 0 Å². The first-order chi connectivity index (χ1) is 9.85. The summed E-state index contributed by atoms with van der Waals surface area (Å²) in [4.78, 5) is 1.11. The third kappa shape index (κ3) is 3.72. The lowest BCUT2D eigenvalue weighted by molar-refractivity contribution is 0.267. The lowest BCUT2D eigenvalue weighted by Crippen LogP contribution is -2.24. The molecule has 0 bridgehead atoms. The third-order valence-electron chi connectivity index (χ3n) is 2.96. The molecule has 6 nitrogen and oxygen atoms in total. The fraction of sp³-hybridized carbons (Fsp3) is 0.417. The number of aliphatic hydroxyl groups is 1. The molecule has 0 fully saturated rings. The second-order valence-electron chi connectivity index (χ2n) is 4.48. The molecule has 0 saturated carbocycles. The van der Waals surface area contributed by atoms with Gasteiger partial charge in [-0.05, 0) is 41.9 Å². The summed E-state index contributed by atoms with van der Waals surface area (Å²) in [7, 11) is -3.63. The van der Waals surface area contributed by atoms with Crippen LogP contribution in [0, 0.1) is 13.8 Å². The third-order valence-corrected chi connectivity index (χ3v) is 6.24. The minimum absolute atomic E-state index is 0.0852. The summed E-state index contributed by atoms with van der Waals surface area (Å²) in [5.74, 6) is 0. The van der Waals surface area contributed by atoms with Crippen molar-refractivity contribution in [1.82, 2.24) is 14.5 Å². The van der Waals surface area contributed by atoms with Crippen molar-refractivity contribution in [3.8, 4) is 0 Å². The highest BCUT2D eigenvalue weighted by atomic mass is 79.9. The molecule has 2 aromatic heterocycles. The van der Waals surface area contributed by atoms with Gasteiger partial charge in [-0.3, -0.25) is 4.68 Å². The predicted molar refractivity (Wildman–Crippen MR) is 84.8 cm³/mol. The van der Waals surface area contributed by atoms with E-state index in [1.54, 1.807) is 13.8 Å². The van der Waals surface area contributed by atoms with Gasteiger partial charge < -0.3 is 5.11 Å². The molecule has 0 aliphatic heterocycles. The highest BCUT2D eigenvalue weighted by Gasteiger charge is 2.24. The van der Waals surface area contributed by atoms with Gasteiger partial charge in [-0.2, -0.15) is 5.10 Å². The Morgan fingerprint density at radius 2 is 2.14 bits per heavy atom. The Balaban J connectivity index is 2.23. The van der Waals surface area contributed by atoms with E-state index in [4.69, 9.17) is 5.11 Å². The predicted octanol–water partition coefficient (Wildman–Crippen LogP) is 1.79. The molecule has 0 atom stereocenters. The SMILES string of the molecule is Cc1nn(CCO)c(C)c1S(=O)(=O)NCc1ccc(Br)s1. The summed E-state index contributed by atoms with van der Waals surface area (Å²) in [5, 5.41) is 13.1. The van der Waals surface area contributed by atoms with Crippen molar-refractivity contribution >= 4 is 37.3 Å². The monoisotopic (exact) mass is 393 g/mol.